The van der Waals surface area contributed by atoms with Crippen LogP contribution in [0.5, 0.6) is 0 Å². The van der Waals surface area contributed by atoms with Crippen molar-refractivity contribution in [2.45, 2.75) is 40.0 Å². The highest BCUT2D eigenvalue weighted by Gasteiger charge is 2.07. The maximum absolute atomic E-state index is 12.1. The average Bonchev–Trinajstić information content (AvgIpc) is 2.62. The van der Waals surface area contributed by atoms with Gasteiger partial charge in [-0.05, 0) is 55.2 Å². The van der Waals surface area contributed by atoms with Gasteiger partial charge in [-0.2, -0.15) is 0 Å². The van der Waals surface area contributed by atoms with Gasteiger partial charge in [0.2, 0.25) is 5.91 Å². The lowest BCUT2D eigenvalue weighted by Gasteiger charge is -2.15. The highest BCUT2D eigenvalue weighted by atomic mass is 16.1. The van der Waals surface area contributed by atoms with Crippen molar-refractivity contribution < 1.29 is 9.59 Å². The number of aryl methyl sites for hydroxylation is 2. The van der Waals surface area contributed by atoms with Crippen LogP contribution in [0.3, 0.4) is 0 Å². The standard InChI is InChI=1S/C21H26N2O2/c1-4-16-7-6-8-17(5-2)21(16)22-14-13-20(25)23-19-11-9-18(10-12-19)15(3)24/h6-12,22H,4-5,13-14H2,1-3H3,(H,23,25). The van der Waals surface area contributed by atoms with Gasteiger partial charge in [0, 0.05) is 29.9 Å². The first-order valence-electron chi connectivity index (χ1n) is 8.80. The van der Waals surface area contributed by atoms with Gasteiger partial charge in [0.15, 0.2) is 5.78 Å². The lowest BCUT2D eigenvalue weighted by atomic mass is 10.0. The predicted molar refractivity (Wildman–Crippen MR) is 103 cm³/mol. The second-order valence-electron chi connectivity index (χ2n) is 6.02. The molecular weight excluding hydrogens is 312 g/mol. The zero-order chi connectivity index (χ0) is 18.2. The van der Waals surface area contributed by atoms with Crippen LogP contribution in [-0.4, -0.2) is 18.2 Å². The molecule has 0 radical (unpaired) electrons. The Morgan fingerprint density at radius 2 is 1.52 bits per heavy atom. The van der Waals surface area contributed by atoms with Crippen molar-refractivity contribution in [2.75, 3.05) is 17.2 Å². The molecule has 0 atom stereocenters. The molecule has 1 amide bonds. The highest BCUT2D eigenvalue weighted by Crippen LogP contribution is 2.22. The monoisotopic (exact) mass is 338 g/mol. The van der Waals surface area contributed by atoms with E-state index in [4.69, 9.17) is 0 Å². The number of nitrogens with one attached hydrogen (secondary N) is 2. The Labute approximate surface area is 149 Å². The number of benzene rings is 2. The Kier molecular flexibility index (Phi) is 6.75. The van der Waals surface area contributed by atoms with E-state index in [1.807, 2.05) is 0 Å². The minimum absolute atomic E-state index is 0.0170. The topological polar surface area (TPSA) is 58.2 Å². The SMILES string of the molecule is CCc1cccc(CC)c1NCCC(=O)Nc1ccc(C(C)=O)cc1. The van der Waals surface area contributed by atoms with Crippen molar-refractivity contribution in [3.05, 3.63) is 59.2 Å². The lowest BCUT2D eigenvalue weighted by Crippen LogP contribution is -2.17. The summed E-state index contributed by atoms with van der Waals surface area (Å²) in [6.07, 6.45) is 2.31. The van der Waals surface area contributed by atoms with E-state index in [-0.39, 0.29) is 11.7 Å². The molecule has 4 heteroatoms. The van der Waals surface area contributed by atoms with Gasteiger partial charge in [-0.1, -0.05) is 32.0 Å². The van der Waals surface area contributed by atoms with Crippen LogP contribution in [0.1, 0.15) is 48.7 Å². The molecule has 2 aromatic rings. The van der Waals surface area contributed by atoms with Gasteiger partial charge >= 0.3 is 0 Å². The normalized spacial score (nSPS) is 10.4. The fourth-order valence-electron chi connectivity index (χ4n) is 2.78. The number of hydrogen-bond acceptors (Lipinski definition) is 3. The Bertz CT molecular complexity index is 714. The predicted octanol–water partition coefficient (Wildman–Crippen LogP) is 4.45. The van der Waals surface area contributed by atoms with Gasteiger partial charge in [-0.25, -0.2) is 0 Å². The number of anilines is 2. The molecule has 4 nitrogen and oxygen atoms in total. The van der Waals surface area contributed by atoms with Gasteiger partial charge in [-0.3, -0.25) is 9.59 Å². The van der Waals surface area contributed by atoms with Crippen LogP contribution in [0.4, 0.5) is 11.4 Å². The molecule has 0 fully saturated rings. The minimum atomic E-state index is -0.0462. The molecular formula is C21H26N2O2. The van der Waals surface area contributed by atoms with Gasteiger partial charge in [0.25, 0.3) is 0 Å². The van der Waals surface area contributed by atoms with Crippen molar-refractivity contribution in [3.8, 4) is 0 Å². The van der Waals surface area contributed by atoms with Crippen molar-refractivity contribution in [1.82, 2.24) is 0 Å². The smallest absolute Gasteiger partial charge is 0.226 e. The average molecular weight is 338 g/mol. The molecule has 2 N–H and O–H groups in total. The molecule has 0 spiro atoms. The first-order valence-corrected chi connectivity index (χ1v) is 8.80. The second-order valence-corrected chi connectivity index (χ2v) is 6.02. The van der Waals surface area contributed by atoms with Crippen molar-refractivity contribution in [1.29, 1.82) is 0 Å². The van der Waals surface area contributed by atoms with E-state index in [0.717, 1.165) is 18.5 Å². The molecule has 2 aromatic carbocycles. The van der Waals surface area contributed by atoms with E-state index in [2.05, 4.69) is 42.7 Å². The van der Waals surface area contributed by atoms with Crippen LogP contribution in [0, 0.1) is 0 Å². The van der Waals surface area contributed by atoms with E-state index in [9.17, 15) is 9.59 Å². The number of Topliss-reactive ketones (excluding diaryl/α,β-unsaturated/α-hetero) is 1. The third-order valence-corrected chi connectivity index (χ3v) is 4.23. The number of ketones is 1. The van der Waals surface area contributed by atoms with E-state index < -0.39 is 0 Å². The van der Waals surface area contributed by atoms with Crippen molar-refractivity contribution in [3.63, 3.8) is 0 Å². The zero-order valence-corrected chi connectivity index (χ0v) is 15.2. The molecule has 0 aliphatic rings. The van der Waals surface area contributed by atoms with E-state index in [1.54, 1.807) is 24.3 Å². The fraction of sp³-hybridized carbons (Fsp3) is 0.333. The number of hydrogen-bond donors (Lipinski definition) is 2. The van der Waals surface area contributed by atoms with Gasteiger partial charge in [0.05, 0.1) is 0 Å². The first kappa shape index (κ1) is 18.7. The number of carbonyl (C=O) groups is 2. The lowest BCUT2D eigenvalue weighted by molar-refractivity contribution is -0.115. The van der Waals surface area contributed by atoms with Crippen LogP contribution < -0.4 is 10.6 Å². The zero-order valence-electron chi connectivity index (χ0n) is 15.2. The van der Waals surface area contributed by atoms with Gasteiger partial charge in [0.1, 0.15) is 0 Å². The minimum Gasteiger partial charge on any atom is -0.384 e. The van der Waals surface area contributed by atoms with Crippen LogP contribution in [0.25, 0.3) is 0 Å². The highest BCUT2D eigenvalue weighted by molar-refractivity contribution is 5.95. The molecule has 0 aromatic heterocycles. The van der Waals surface area contributed by atoms with Gasteiger partial charge < -0.3 is 10.6 Å². The van der Waals surface area contributed by atoms with E-state index in [0.29, 0.717) is 24.2 Å². The molecule has 0 heterocycles. The summed E-state index contributed by atoms with van der Waals surface area (Å²) >= 11 is 0. The third kappa shape index (κ3) is 5.18. The van der Waals surface area contributed by atoms with Crippen LogP contribution in [0.15, 0.2) is 42.5 Å². The fourth-order valence-corrected chi connectivity index (χ4v) is 2.78. The van der Waals surface area contributed by atoms with Crippen LogP contribution >= 0.6 is 0 Å². The molecule has 0 aliphatic carbocycles. The molecule has 0 unspecified atom stereocenters. The third-order valence-electron chi connectivity index (χ3n) is 4.23. The number of rotatable bonds is 8. The molecule has 0 aliphatic heterocycles. The Hall–Kier alpha value is -2.62. The van der Waals surface area contributed by atoms with Crippen molar-refractivity contribution in [2.24, 2.45) is 0 Å². The molecule has 0 saturated heterocycles. The van der Waals surface area contributed by atoms with Gasteiger partial charge in [-0.15, -0.1) is 0 Å². The van der Waals surface area contributed by atoms with Crippen molar-refractivity contribution >= 4 is 23.1 Å². The summed E-state index contributed by atoms with van der Waals surface area (Å²) in [6.45, 7) is 6.38. The van der Waals surface area contributed by atoms with E-state index >= 15 is 0 Å². The molecule has 0 bridgehead atoms. The Balaban J connectivity index is 1.89. The number of carbonyl (C=O) groups excluding carboxylic acids is 2. The first-order chi connectivity index (χ1) is 12.0. The number of amides is 1. The summed E-state index contributed by atoms with van der Waals surface area (Å²) in [5, 5.41) is 6.28. The summed E-state index contributed by atoms with van der Waals surface area (Å²) in [5.41, 5.74) is 5.06. The molecule has 2 rings (SSSR count). The summed E-state index contributed by atoms with van der Waals surface area (Å²) in [7, 11) is 0. The maximum Gasteiger partial charge on any atom is 0.226 e. The Morgan fingerprint density at radius 3 is 2.04 bits per heavy atom. The van der Waals surface area contributed by atoms with Crippen LogP contribution in [-0.2, 0) is 17.6 Å². The summed E-state index contributed by atoms with van der Waals surface area (Å²) in [5.74, 6) is -0.0292. The molecule has 0 saturated carbocycles. The quantitative estimate of drug-likeness (QED) is 0.699. The molecule has 25 heavy (non-hydrogen) atoms. The number of para-hydroxylation sites is 1. The Morgan fingerprint density at radius 1 is 0.920 bits per heavy atom. The summed E-state index contributed by atoms with van der Waals surface area (Å²) < 4.78 is 0. The van der Waals surface area contributed by atoms with E-state index in [1.165, 1.54) is 18.1 Å². The molecule has 132 valence electrons. The second kappa shape index (κ2) is 9.02. The summed E-state index contributed by atoms with van der Waals surface area (Å²) in [6, 6.07) is 13.3. The van der Waals surface area contributed by atoms with Crippen LogP contribution in [0.2, 0.25) is 0 Å². The largest absolute Gasteiger partial charge is 0.384 e. The summed E-state index contributed by atoms with van der Waals surface area (Å²) in [4.78, 5) is 23.4. The maximum atomic E-state index is 12.1.